The van der Waals surface area contributed by atoms with Gasteiger partial charge in [0.2, 0.25) is 5.91 Å². The SMILES string of the molecule is COc1cc2oc(=O)cc(C)c2cc1CCC(=O)N[C@H](c1nc2ccccc2n1C)C(C)C. The molecule has 0 radical (unpaired) electrons. The molecule has 0 saturated heterocycles. The number of hydrogen-bond acceptors (Lipinski definition) is 5. The van der Waals surface area contributed by atoms with Crippen LogP contribution in [-0.4, -0.2) is 22.6 Å². The lowest BCUT2D eigenvalue weighted by Crippen LogP contribution is -2.33. The summed E-state index contributed by atoms with van der Waals surface area (Å²) < 4.78 is 12.8. The molecule has 0 bridgehead atoms. The Labute approximate surface area is 192 Å². The summed E-state index contributed by atoms with van der Waals surface area (Å²) in [5.41, 5.74) is 3.76. The molecule has 1 N–H and O–H groups in total. The lowest BCUT2D eigenvalue weighted by atomic mass is 10.0. The average molecular weight is 448 g/mol. The van der Waals surface area contributed by atoms with E-state index in [1.54, 1.807) is 13.2 Å². The number of benzene rings is 2. The molecule has 33 heavy (non-hydrogen) atoms. The van der Waals surface area contributed by atoms with Gasteiger partial charge in [0.05, 0.1) is 24.2 Å². The van der Waals surface area contributed by atoms with E-state index in [-0.39, 0.29) is 17.9 Å². The fourth-order valence-corrected chi connectivity index (χ4v) is 4.24. The van der Waals surface area contributed by atoms with Gasteiger partial charge in [0.25, 0.3) is 0 Å². The van der Waals surface area contributed by atoms with Gasteiger partial charge in [-0.25, -0.2) is 9.78 Å². The number of nitrogens with one attached hydrogen (secondary N) is 1. The summed E-state index contributed by atoms with van der Waals surface area (Å²) in [6.07, 6.45) is 0.793. The van der Waals surface area contributed by atoms with Crippen LogP contribution in [0, 0.1) is 12.8 Å². The Morgan fingerprint density at radius 3 is 2.67 bits per heavy atom. The zero-order valence-electron chi connectivity index (χ0n) is 19.6. The van der Waals surface area contributed by atoms with E-state index in [1.165, 1.54) is 6.07 Å². The molecule has 1 atom stereocenters. The van der Waals surface area contributed by atoms with Crippen LogP contribution in [0.15, 0.2) is 51.7 Å². The number of imidazole rings is 1. The minimum atomic E-state index is -0.393. The van der Waals surface area contributed by atoms with Crippen LogP contribution in [-0.2, 0) is 18.3 Å². The van der Waals surface area contributed by atoms with Gasteiger partial charge in [0.1, 0.15) is 17.2 Å². The number of aromatic nitrogens is 2. The third-order valence-corrected chi connectivity index (χ3v) is 6.06. The number of nitrogens with zero attached hydrogens (tertiary/aromatic N) is 2. The minimum Gasteiger partial charge on any atom is -0.496 e. The van der Waals surface area contributed by atoms with Gasteiger partial charge in [0, 0.05) is 31.0 Å². The molecule has 7 heteroatoms. The highest BCUT2D eigenvalue weighted by atomic mass is 16.5. The summed E-state index contributed by atoms with van der Waals surface area (Å²) in [5, 5.41) is 4.01. The van der Waals surface area contributed by atoms with Crippen LogP contribution in [0.5, 0.6) is 5.75 Å². The summed E-state index contributed by atoms with van der Waals surface area (Å²) >= 11 is 0. The fourth-order valence-electron chi connectivity index (χ4n) is 4.24. The highest BCUT2D eigenvalue weighted by Gasteiger charge is 2.24. The first-order valence-corrected chi connectivity index (χ1v) is 11.1. The second-order valence-corrected chi connectivity index (χ2v) is 8.72. The van der Waals surface area contributed by atoms with Gasteiger partial charge < -0.3 is 19.0 Å². The molecule has 0 fully saturated rings. The van der Waals surface area contributed by atoms with Gasteiger partial charge in [-0.1, -0.05) is 26.0 Å². The molecular formula is C26H29N3O4. The maximum Gasteiger partial charge on any atom is 0.336 e. The number of carbonyl (C=O) groups is 1. The first-order chi connectivity index (χ1) is 15.8. The number of methoxy groups -OCH3 is 1. The fraction of sp³-hybridized carbons (Fsp3) is 0.346. The van der Waals surface area contributed by atoms with Crippen molar-refractivity contribution in [2.45, 2.75) is 39.7 Å². The lowest BCUT2D eigenvalue weighted by Gasteiger charge is -2.22. The number of hydrogen-bond donors (Lipinski definition) is 1. The summed E-state index contributed by atoms with van der Waals surface area (Å²) in [6, 6.07) is 12.9. The smallest absolute Gasteiger partial charge is 0.336 e. The van der Waals surface area contributed by atoms with Crippen molar-refractivity contribution in [2.24, 2.45) is 13.0 Å². The van der Waals surface area contributed by atoms with Crippen molar-refractivity contribution in [3.63, 3.8) is 0 Å². The van der Waals surface area contributed by atoms with E-state index in [0.29, 0.717) is 24.2 Å². The molecule has 4 aromatic rings. The standard InChI is InChI=1S/C26H29N3O4/c1-15(2)25(26-27-19-8-6-7-9-20(19)29(26)4)28-23(30)11-10-17-13-18-16(3)12-24(31)33-22(18)14-21(17)32-5/h6-9,12-15,25H,10-11H2,1-5H3,(H,28,30)/t25-/m0/s1. The highest BCUT2D eigenvalue weighted by Crippen LogP contribution is 2.29. The third-order valence-electron chi connectivity index (χ3n) is 6.06. The highest BCUT2D eigenvalue weighted by molar-refractivity contribution is 5.83. The molecule has 2 aromatic heterocycles. The summed E-state index contributed by atoms with van der Waals surface area (Å²) in [7, 11) is 3.55. The first kappa shape index (κ1) is 22.6. The molecular weight excluding hydrogens is 418 g/mol. The zero-order chi connectivity index (χ0) is 23.7. The quantitative estimate of drug-likeness (QED) is 0.423. The Balaban J connectivity index is 1.55. The number of para-hydroxylation sites is 2. The number of aryl methyl sites for hydroxylation is 3. The van der Waals surface area contributed by atoms with Gasteiger partial charge in [-0.05, 0) is 48.6 Å². The number of rotatable bonds is 7. The van der Waals surface area contributed by atoms with Crippen molar-refractivity contribution < 1.29 is 13.9 Å². The summed E-state index contributed by atoms with van der Waals surface area (Å²) in [5.74, 6) is 1.55. The van der Waals surface area contributed by atoms with Crippen LogP contribution in [0.4, 0.5) is 0 Å². The van der Waals surface area contributed by atoms with E-state index in [2.05, 4.69) is 19.2 Å². The molecule has 4 rings (SSSR count). The molecule has 1 amide bonds. The molecule has 172 valence electrons. The minimum absolute atomic E-state index is 0.0563. The van der Waals surface area contributed by atoms with E-state index in [4.69, 9.17) is 14.1 Å². The van der Waals surface area contributed by atoms with Gasteiger partial charge in [0.15, 0.2) is 0 Å². The molecule has 0 aliphatic rings. The second-order valence-electron chi connectivity index (χ2n) is 8.72. The molecule has 7 nitrogen and oxygen atoms in total. The molecule has 0 aliphatic heterocycles. The monoisotopic (exact) mass is 447 g/mol. The summed E-state index contributed by atoms with van der Waals surface area (Å²) in [6.45, 7) is 6.02. The van der Waals surface area contributed by atoms with Crippen molar-refractivity contribution in [1.82, 2.24) is 14.9 Å². The summed E-state index contributed by atoms with van der Waals surface area (Å²) in [4.78, 5) is 29.4. The maximum absolute atomic E-state index is 13.0. The van der Waals surface area contributed by atoms with Crippen molar-refractivity contribution in [3.8, 4) is 5.75 Å². The van der Waals surface area contributed by atoms with Crippen molar-refractivity contribution in [2.75, 3.05) is 7.11 Å². The molecule has 0 spiro atoms. The number of ether oxygens (including phenoxy) is 1. The van der Waals surface area contributed by atoms with Crippen molar-refractivity contribution in [3.05, 3.63) is 69.8 Å². The lowest BCUT2D eigenvalue weighted by molar-refractivity contribution is -0.122. The van der Waals surface area contributed by atoms with E-state index >= 15 is 0 Å². The largest absolute Gasteiger partial charge is 0.496 e. The predicted molar refractivity (Wildman–Crippen MR) is 129 cm³/mol. The van der Waals surface area contributed by atoms with Crippen molar-refractivity contribution >= 4 is 27.9 Å². The van der Waals surface area contributed by atoms with E-state index in [0.717, 1.165) is 33.4 Å². The van der Waals surface area contributed by atoms with Crippen LogP contribution in [0.25, 0.3) is 22.0 Å². The Kier molecular flexibility index (Phi) is 6.22. The van der Waals surface area contributed by atoms with Crippen LogP contribution in [0.2, 0.25) is 0 Å². The zero-order valence-corrected chi connectivity index (χ0v) is 19.6. The number of fused-ring (bicyclic) bond motifs is 2. The second kappa shape index (κ2) is 9.10. The first-order valence-electron chi connectivity index (χ1n) is 11.1. The maximum atomic E-state index is 13.0. The average Bonchev–Trinajstić information content (AvgIpc) is 3.11. The van der Waals surface area contributed by atoms with Crippen LogP contribution in [0.3, 0.4) is 0 Å². The van der Waals surface area contributed by atoms with Gasteiger partial charge in [-0.3, -0.25) is 4.79 Å². The third kappa shape index (κ3) is 4.49. The van der Waals surface area contributed by atoms with Gasteiger partial charge in [-0.2, -0.15) is 0 Å². The number of amides is 1. The van der Waals surface area contributed by atoms with Crippen LogP contribution < -0.4 is 15.7 Å². The molecule has 0 unspecified atom stereocenters. The topological polar surface area (TPSA) is 86.4 Å². The molecule has 0 aliphatic carbocycles. The van der Waals surface area contributed by atoms with Crippen LogP contribution in [0.1, 0.15) is 43.3 Å². The Morgan fingerprint density at radius 1 is 1.21 bits per heavy atom. The van der Waals surface area contributed by atoms with Gasteiger partial charge >= 0.3 is 5.63 Å². The Morgan fingerprint density at radius 2 is 1.97 bits per heavy atom. The molecule has 2 heterocycles. The Bertz CT molecular complexity index is 1380. The van der Waals surface area contributed by atoms with E-state index < -0.39 is 5.63 Å². The van der Waals surface area contributed by atoms with E-state index in [1.807, 2.05) is 48.9 Å². The predicted octanol–water partition coefficient (Wildman–Crippen LogP) is 4.44. The normalized spacial score (nSPS) is 12.4. The van der Waals surface area contributed by atoms with Gasteiger partial charge in [-0.15, -0.1) is 0 Å². The van der Waals surface area contributed by atoms with Crippen LogP contribution >= 0.6 is 0 Å². The Hall–Kier alpha value is -3.61. The van der Waals surface area contributed by atoms with Crippen molar-refractivity contribution in [1.29, 1.82) is 0 Å². The number of carbonyl (C=O) groups excluding carboxylic acids is 1. The molecule has 2 aromatic carbocycles. The molecule has 0 saturated carbocycles. The van der Waals surface area contributed by atoms with E-state index in [9.17, 15) is 9.59 Å².